The second-order valence-electron chi connectivity index (χ2n) is 5.39. The zero-order chi connectivity index (χ0) is 16.6. The van der Waals surface area contributed by atoms with E-state index in [-0.39, 0.29) is 4.90 Å². The third-order valence-electron chi connectivity index (χ3n) is 3.32. The van der Waals surface area contributed by atoms with Gasteiger partial charge in [-0.05, 0) is 50.1 Å². The van der Waals surface area contributed by atoms with Crippen LogP contribution in [0.25, 0.3) is 10.6 Å². The monoisotopic (exact) mass is 348 g/mol. The summed E-state index contributed by atoms with van der Waals surface area (Å²) in [6.07, 6.45) is 1.53. The summed E-state index contributed by atoms with van der Waals surface area (Å²) in [5.41, 5.74) is 2.58. The van der Waals surface area contributed by atoms with E-state index in [9.17, 15) is 8.42 Å². The van der Waals surface area contributed by atoms with Crippen LogP contribution in [0.5, 0.6) is 0 Å². The first-order chi connectivity index (χ1) is 10.8. The van der Waals surface area contributed by atoms with Crippen LogP contribution in [0.4, 0.5) is 5.69 Å². The van der Waals surface area contributed by atoms with Crippen molar-refractivity contribution >= 4 is 27.0 Å². The SMILES string of the molecule is Cc1cc(C)cc(NS(=O)(=O)c2cc(-c3ccno3)sc2C)c1. The van der Waals surface area contributed by atoms with Crippen molar-refractivity contribution in [2.75, 3.05) is 4.72 Å². The first-order valence-corrected chi connectivity index (χ1v) is 9.28. The summed E-state index contributed by atoms with van der Waals surface area (Å²) in [4.78, 5) is 1.70. The van der Waals surface area contributed by atoms with E-state index in [4.69, 9.17) is 4.52 Å². The average molecular weight is 348 g/mol. The van der Waals surface area contributed by atoms with Crippen LogP contribution in [0.3, 0.4) is 0 Å². The maximum absolute atomic E-state index is 12.7. The molecule has 1 N–H and O–H groups in total. The second-order valence-corrected chi connectivity index (χ2v) is 8.30. The number of nitrogens with one attached hydrogen (secondary N) is 1. The molecule has 1 aromatic carbocycles. The van der Waals surface area contributed by atoms with Crippen molar-refractivity contribution in [2.45, 2.75) is 25.7 Å². The van der Waals surface area contributed by atoms with Crippen molar-refractivity contribution in [1.82, 2.24) is 5.16 Å². The molecule has 0 spiro atoms. The summed E-state index contributed by atoms with van der Waals surface area (Å²) in [6, 6.07) is 8.94. The van der Waals surface area contributed by atoms with Crippen molar-refractivity contribution in [1.29, 1.82) is 0 Å². The standard InChI is InChI=1S/C16H16N2O3S2/c1-10-6-11(2)8-13(7-10)18-23(19,20)16-9-15(22-12(16)3)14-4-5-17-21-14/h4-9,18H,1-3H3. The van der Waals surface area contributed by atoms with Crippen LogP contribution >= 0.6 is 11.3 Å². The number of anilines is 1. The van der Waals surface area contributed by atoms with Gasteiger partial charge in [0, 0.05) is 16.6 Å². The molecule has 0 amide bonds. The van der Waals surface area contributed by atoms with Gasteiger partial charge in [-0.15, -0.1) is 11.3 Å². The first-order valence-electron chi connectivity index (χ1n) is 6.98. The van der Waals surface area contributed by atoms with Crippen LogP contribution in [-0.2, 0) is 10.0 Å². The minimum Gasteiger partial charge on any atom is -0.355 e. The van der Waals surface area contributed by atoms with Crippen molar-refractivity contribution in [3.63, 3.8) is 0 Å². The third kappa shape index (κ3) is 3.30. The van der Waals surface area contributed by atoms with Gasteiger partial charge in [-0.1, -0.05) is 11.2 Å². The number of rotatable bonds is 4. The molecular formula is C16H16N2O3S2. The van der Waals surface area contributed by atoms with Gasteiger partial charge in [-0.3, -0.25) is 4.72 Å². The predicted octanol–water partition coefficient (Wildman–Crippen LogP) is 4.13. The maximum atomic E-state index is 12.7. The molecular weight excluding hydrogens is 332 g/mol. The van der Waals surface area contributed by atoms with Gasteiger partial charge in [-0.2, -0.15) is 0 Å². The van der Waals surface area contributed by atoms with Crippen LogP contribution in [0.2, 0.25) is 0 Å². The number of sulfonamides is 1. The van der Waals surface area contributed by atoms with E-state index >= 15 is 0 Å². The van der Waals surface area contributed by atoms with E-state index in [2.05, 4.69) is 9.88 Å². The molecule has 7 heteroatoms. The Kier molecular flexibility index (Phi) is 3.99. The normalized spacial score (nSPS) is 11.6. The highest BCUT2D eigenvalue weighted by atomic mass is 32.2. The fourth-order valence-electron chi connectivity index (χ4n) is 2.44. The molecule has 0 aliphatic carbocycles. The summed E-state index contributed by atoms with van der Waals surface area (Å²) in [5, 5.41) is 3.65. The number of hydrogen-bond acceptors (Lipinski definition) is 5. The van der Waals surface area contributed by atoms with E-state index < -0.39 is 10.0 Å². The summed E-state index contributed by atoms with van der Waals surface area (Å²) in [5.74, 6) is 0.561. The molecule has 3 rings (SSSR count). The average Bonchev–Trinajstić information content (AvgIpc) is 3.05. The van der Waals surface area contributed by atoms with Gasteiger partial charge in [0.1, 0.15) is 4.90 Å². The number of thiophene rings is 1. The number of nitrogens with zero attached hydrogens (tertiary/aromatic N) is 1. The van der Waals surface area contributed by atoms with Crippen molar-refractivity contribution in [2.24, 2.45) is 0 Å². The summed E-state index contributed by atoms with van der Waals surface area (Å²) in [6.45, 7) is 5.64. The van der Waals surface area contributed by atoms with Gasteiger partial charge in [0.25, 0.3) is 10.0 Å². The molecule has 2 aromatic heterocycles. The minimum atomic E-state index is -3.65. The molecule has 23 heavy (non-hydrogen) atoms. The topological polar surface area (TPSA) is 72.2 Å². The highest BCUT2D eigenvalue weighted by Gasteiger charge is 2.21. The van der Waals surface area contributed by atoms with Gasteiger partial charge in [0.15, 0.2) is 5.76 Å². The number of aromatic nitrogens is 1. The van der Waals surface area contributed by atoms with Crippen LogP contribution in [0, 0.1) is 20.8 Å². The fourth-order valence-corrected chi connectivity index (χ4v) is 5.03. The Bertz CT molecular complexity index is 922. The van der Waals surface area contributed by atoms with Crippen LogP contribution in [-0.4, -0.2) is 13.6 Å². The Morgan fingerprint density at radius 2 is 1.78 bits per heavy atom. The van der Waals surface area contributed by atoms with E-state index in [1.807, 2.05) is 32.0 Å². The van der Waals surface area contributed by atoms with Gasteiger partial charge in [0.05, 0.1) is 11.1 Å². The maximum Gasteiger partial charge on any atom is 0.263 e. The molecule has 3 aromatic rings. The summed E-state index contributed by atoms with van der Waals surface area (Å²) in [7, 11) is -3.65. The van der Waals surface area contributed by atoms with Crippen molar-refractivity contribution < 1.29 is 12.9 Å². The highest BCUT2D eigenvalue weighted by molar-refractivity contribution is 7.93. The molecule has 0 aliphatic rings. The molecule has 0 fully saturated rings. The van der Waals surface area contributed by atoms with E-state index in [0.29, 0.717) is 16.3 Å². The number of aryl methyl sites for hydroxylation is 3. The molecule has 0 saturated heterocycles. The second kappa shape index (κ2) is 5.82. The van der Waals surface area contributed by atoms with E-state index in [1.165, 1.54) is 17.5 Å². The van der Waals surface area contributed by atoms with Gasteiger partial charge in [-0.25, -0.2) is 8.42 Å². The predicted molar refractivity (Wildman–Crippen MR) is 91.3 cm³/mol. The summed E-state index contributed by atoms with van der Waals surface area (Å²) < 4.78 is 33.1. The first kappa shape index (κ1) is 15.8. The quantitative estimate of drug-likeness (QED) is 0.769. The van der Waals surface area contributed by atoms with Gasteiger partial charge < -0.3 is 4.52 Å². The van der Waals surface area contributed by atoms with Gasteiger partial charge >= 0.3 is 0 Å². The van der Waals surface area contributed by atoms with Crippen LogP contribution in [0.1, 0.15) is 16.0 Å². The molecule has 120 valence electrons. The lowest BCUT2D eigenvalue weighted by atomic mass is 10.1. The number of benzene rings is 1. The molecule has 0 unspecified atom stereocenters. The van der Waals surface area contributed by atoms with Crippen LogP contribution in [0.15, 0.2) is 45.9 Å². The Labute approximate surface area is 139 Å². The number of hydrogen-bond donors (Lipinski definition) is 1. The van der Waals surface area contributed by atoms with Crippen molar-refractivity contribution in [3.05, 3.63) is 52.5 Å². The Morgan fingerprint density at radius 3 is 2.39 bits per heavy atom. The lowest BCUT2D eigenvalue weighted by molar-refractivity contribution is 0.433. The lowest BCUT2D eigenvalue weighted by Gasteiger charge is -2.09. The molecule has 5 nitrogen and oxygen atoms in total. The molecule has 2 heterocycles. The Hall–Kier alpha value is -2.12. The largest absolute Gasteiger partial charge is 0.355 e. The van der Waals surface area contributed by atoms with Gasteiger partial charge in [0.2, 0.25) is 0 Å². The molecule has 0 atom stereocenters. The van der Waals surface area contributed by atoms with Crippen LogP contribution < -0.4 is 4.72 Å². The molecule has 0 aliphatic heterocycles. The fraction of sp³-hybridized carbons (Fsp3) is 0.188. The van der Waals surface area contributed by atoms with E-state index in [0.717, 1.165) is 16.0 Å². The smallest absolute Gasteiger partial charge is 0.263 e. The van der Waals surface area contributed by atoms with Crippen molar-refractivity contribution in [3.8, 4) is 10.6 Å². The molecule has 0 bridgehead atoms. The molecule has 0 saturated carbocycles. The highest BCUT2D eigenvalue weighted by Crippen LogP contribution is 2.34. The summed E-state index contributed by atoms with van der Waals surface area (Å²) >= 11 is 1.36. The minimum absolute atomic E-state index is 0.257. The third-order valence-corrected chi connectivity index (χ3v) is 6.02. The Morgan fingerprint density at radius 1 is 1.09 bits per heavy atom. The Balaban J connectivity index is 1.97. The van der Waals surface area contributed by atoms with E-state index in [1.54, 1.807) is 19.1 Å². The zero-order valence-corrected chi connectivity index (χ0v) is 14.6. The zero-order valence-electron chi connectivity index (χ0n) is 13.0. The lowest BCUT2D eigenvalue weighted by Crippen LogP contribution is -2.13. The molecule has 0 radical (unpaired) electrons.